The monoisotopic (exact) mass is 324 g/mol. The molecule has 0 bridgehead atoms. The molecule has 1 saturated heterocycles. The molecule has 1 aliphatic rings. The average Bonchev–Trinajstić information content (AvgIpc) is 3.15. The second-order valence-corrected chi connectivity index (χ2v) is 5.08. The van der Waals surface area contributed by atoms with E-state index < -0.39 is 12.1 Å². The van der Waals surface area contributed by atoms with Crippen molar-refractivity contribution in [1.82, 2.24) is 15.0 Å². The van der Waals surface area contributed by atoms with Crippen LogP contribution in [0.3, 0.4) is 0 Å². The molecule has 1 amide bonds. The Hall–Kier alpha value is -2.71. The number of carbonyl (C=O) groups is 1. The second-order valence-electron chi connectivity index (χ2n) is 5.08. The zero-order valence-corrected chi connectivity index (χ0v) is 11.7. The van der Waals surface area contributed by atoms with Crippen LogP contribution >= 0.6 is 0 Å². The number of hydrogen-bond donors (Lipinski definition) is 1. The van der Waals surface area contributed by atoms with Crippen molar-refractivity contribution in [2.24, 2.45) is 0 Å². The minimum atomic E-state index is -4.69. The second kappa shape index (κ2) is 5.49. The Bertz CT molecular complexity index is 752. The molecule has 1 aliphatic heterocycles. The molecule has 3 rings (SSSR count). The van der Waals surface area contributed by atoms with Gasteiger partial charge in [-0.05, 0) is 12.1 Å². The van der Waals surface area contributed by atoms with E-state index >= 15 is 0 Å². The van der Waals surface area contributed by atoms with Crippen LogP contribution in [0.2, 0.25) is 0 Å². The van der Waals surface area contributed by atoms with E-state index in [1.54, 1.807) is 4.90 Å². The molecule has 1 aromatic heterocycles. The number of rotatable bonds is 2. The summed E-state index contributed by atoms with van der Waals surface area (Å²) in [5, 5.41) is 10.8. The summed E-state index contributed by atoms with van der Waals surface area (Å²) in [4.78, 5) is 17.0. The van der Waals surface area contributed by atoms with Gasteiger partial charge >= 0.3 is 12.1 Å². The summed E-state index contributed by atoms with van der Waals surface area (Å²) < 4.78 is 41.5. The van der Waals surface area contributed by atoms with E-state index in [4.69, 9.17) is 5.41 Å². The van der Waals surface area contributed by atoms with Gasteiger partial charge in [-0.25, -0.2) is 0 Å². The molecule has 2 heterocycles. The largest absolute Gasteiger partial charge is 0.471 e. The number of likely N-dealkylation sites (tertiary alicyclic amines) is 1. The fraction of sp³-hybridized carbons (Fsp3) is 0.286. The lowest BCUT2D eigenvalue weighted by Crippen LogP contribution is -2.28. The van der Waals surface area contributed by atoms with Gasteiger partial charge in [0.2, 0.25) is 5.82 Å². The van der Waals surface area contributed by atoms with Crippen molar-refractivity contribution < 1.29 is 22.5 Å². The van der Waals surface area contributed by atoms with Gasteiger partial charge in [0.05, 0.1) is 6.54 Å². The van der Waals surface area contributed by atoms with Gasteiger partial charge in [0, 0.05) is 29.8 Å². The Kier molecular flexibility index (Phi) is 3.63. The topological polar surface area (TPSA) is 83.1 Å². The third-order valence-electron chi connectivity index (χ3n) is 3.41. The standard InChI is InChI=1S/C14H11F3N4O2/c15-14(16,17)13-19-11(20-23-13)8-1-3-9(4-2-8)12(22)21-6-5-10(18)7-21/h1-4,18H,5-7H2. The number of nitrogens with zero attached hydrogens (tertiary/aromatic N) is 3. The van der Waals surface area contributed by atoms with Crippen molar-refractivity contribution in [3.63, 3.8) is 0 Å². The fourth-order valence-electron chi connectivity index (χ4n) is 2.23. The SMILES string of the molecule is N=C1CCN(C(=O)c2ccc(-c3noc(C(F)(F)F)n3)cc2)C1. The predicted octanol–water partition coefficient (Wildman–Crippen LogP) is 2.62. The molecular weight excluding hydrogens is 313 g/mol. The van der Waals surface area contributed by atoms with Gasteiger partial charge in [-0.1, -0.05) is 17.3 Å². The molecule has 0 saturated carbocycles. The van der Waals surface area contributed by atoms with Crippen molar-refractivity contribution in [3.8, 4) is 11.4 Å². The number of halogens is 3. The molecule has 0 atom stereocenters. The summed E-state index contributed by atoms with van der Waals surface area (Å²) in [5.74, 6) is -1.83. The van der Waals surface area contributed by atoms with Gasteiger partial charge in [0.25, 0.3) is 5.91 Å². The van der Waals surface area contributed by atoms with Crippen LogP contribution in [0.1, 0.15) is 22.7 Å². The summed E-state index contributed by atoms with van der Waals surface area (Å²) >= 11 is 0. The maximum atomic E-state index is 12.4. The maximum absolute atomic E-state index is 12.4. The van der Waals surface area contributed by atoms with Gasteiger partial charge in [-0.2, -0.15) is 18.2 Å². The highest BCUT2D eigenvalue weighted by molar-refractivity contribution is 5.99. The average molecular weight is 324 g/mol. The van der Waals surface area contributed by atoms with Crippen LogP contribution in [0.4, 0.5) is 13.2 Å². The highest BCUT2D eigenvalue weighted by Gasteiger charge is 2.38. The van der Waals surface area contributed by atoms with Crippen LogP contribution < -0.4 is 0 Å². The van der Waals surface area contributed by atoms with E-state index in [9.17, 15) is 18.0 Å². The normalized spacial score (nSPS) is 15.3. The van der Waals surface area contributed by atoms with Crippen LogP contribution in [-0.4, -0.2) is 39.7 Å². The molecule has 0 aliphatic carbocycles. The van der Waals surface area contributed by atoms with Crippen LogP contribution in [0.15, 0.2) is 28.8 Å². The number of nitrogens with one attached hydrogen (secondary N) is 1. The Morgan fingerprint density at radius 2 is 1.96 bits per heavy atom. The Morgan fingerprint density at radius 3 is 2.48 bits per heavy atom. The van der Waals surface area contributed by atoms with Gasteiger partial charge in [0.15, 0.2) is 0 Å². The van der Waals surface area contributed by atoms with Crippen molar-refractivity contribution in [2.75, 3.05) is 13.1 Å². The number of alkyl halides is 3. The number of benzene rings is 1. The smallest absolute Gasteiger partial charge is 0.333 e. The molecule has 0 spiro atoms. The zero-order valence-electron chi connectivity index (χ0n) is 11.7. The van der Waals surface area contributed by atoms with E-state index in [0.29, 0.717) is 36.3 Å². The molecular formula is C14H11F3N4O2. The molecule has 0 unspecified atom stereocenters. The molecule has 1 fully saturated rings. The molecule has 1 aromatic carbocycles. The summed E-state index contributed by atoms with van der Waals surface area (Å²) in [7, 11) is 0. The van der Waals surface area contributed by atoms with E-state index in [0.717, 1.165) is 0 Å². The lowest BCUT2D eigenvalue weighted by Gasteiger charge is -2.14. The van der Waals surface area contributed by atoms with Crippen LogP contribution in [-0.2, 0) is 6.18 Å². The lowest BCUT2D eigenvalue weighted by atomic mass is 10.1. The molecule has 0 radical (unpaired) electrons. The Morgan fingerprint density at radius 1 is 1.26 bits per heavy atom. The quantitative estimate of drug-likeness (QED) is 0.920. The number of aromatic nitrogens is 2. The van der Waals surface area contributed by atoms with E-state index in [1.807, 2.05) is 0 Å². The van der Waals surface area contributed by atoms with E-state index in [-0.39, 0.29) is 11.7 Å². The molecule has 6 nitrogen and oxygen atoms in total. The first-order valence-electron chi connectivity index (χ1n) is 6.71. The van der Waals surface area contributed by atoms with Gasteiger partial charge < -0.3 is 14.8 Å². The predicted molar refractivity (Wildman–Crippen MR) is 73.0 cm³/mol. The summed E-state index contributed by atoms with van der Waals surface area (Å²) in [6, 6.07) is 5.89. The minimum Gasteiger partial charge on any atom is -0.333 e. The third-order valence-corrected chi connectivity index (χ3v) is 3.41. The minimum absolute atomic E-state index is 0.195. The number of hydrogen-bond acceptors (Lipinski definition) is 5. The first-order chi connectivity index (χ1) is 10.8. The molecule has 23 heavy (non-hydrogen) atoms. The fourth-order valence-corrected chi connectivity index (χ4v) is 2.23. The van der Waals surface area contributed by atoms with Crippen molar-refractivity contribution in [2.45, 2.75) is 12.6 Å². The maximum Gasteiger partial charge on any atom is 0.471 e. The van der Waals surface area contributed by atoms with Crippen molar-refractivity contribution in [1.29, 1.82) is 5.41 Å². The third kappa shape index (κ3) is 3.08. The molecule has 2 aromatic rings. The van der Waals surface area contributed by atoms with Crippen LogP contribution in [0, 0.1) is 5.41 Å². The first-order valence-corrected chi connectivity index (χ1v) is 6.71. The summed E-state index contributed by atoms with van der Waals surface area (Å²) in [6.07, 6.45) is -4.13. The Labute approximate surface area is 128 Å². The summed E-state index contributed by atoms with van der Waals surface area (Å²) in [6.45, 7) is 0.805. The van der Waals surface area contributed by atoms with Gasteiger partial charge in [-0.3, -0.25) is 4.79 Å². The highest BCUT2D eigenvalue weighted by atomic mass is 19.4. The van der Waals surface area contributed by atoms with Crippen molar-refractivity contribution >= 4 is 11.6 Å². The van der Waals surface area contributed by atoms with Gasteiger partial charge in [0.1, 0.15) is 0 Å². The zero-order chi connectivity index (χ0) is 16.6. The summed E-state index contributed by atoms with van der Waals surface area (Å²) in [5.41, 5.74) is 1.21. The van der Waals surface area contributed by atoms with E-state index in [1.165, 1.54) is 24.3 Å². The highest BCUT2D eigenvalue weighted by Crippen LogP contribution is 2.29. The van der Waals surface area contributed by atoms with Gasteiger partial charge in [-0.15, -0.1) is 0 Å². The van der Waals surface area contributed by atoms with Crippen molar-refractivity contribution in [3.05, 3.63) is 35.7 Å². The molecule has 1 N–H and O–H groups in total. The lowest BCUT2D eigenvalue weighted by molar-refractivity contribution is -0.159. The number of carbonyl (C=O) groups excluding carboxylic acids is 1. The number of amides is 1. The molecule has 120 valence electrons. The molecule has 9 heteroatoms. The van der Waals surface area contributed by atoms with Crippen LogP contribution in [0.25, 0.3) is 11.4 Å². The first kappa shape index (κ1) is 15.2. The van der Waals surface area contributed by atoms with E-state index in [2.05, 4.69) is 14.7 Å². The Balaban J connectivity index is 1.78. The van der Waals surface area contributed by atoms with Crippen LogP contribution in [0.5, 0.6) is 0 Å².